The number of hydrogen-bond donors (Lipinski definition) is 2. The Bertz CT molecular complexity index is 570. The van der Waals surface area contributed by atoms with Crippen molar-refractivity contribution in [3.05, 3.63) is 65.7 Å². The van der Waals surface area contributed by atoms with E-state index in [2.05, 4.69) is 12.1 Å². The SMILES string of the molecule is NC1OCC(Cc2ccccc2)(c2ccc(O)cc2)O1. The maximum absolute atomic E-state index is 9.43. The average molecular weight is 271 g/mol. The van der Waals surface area contributed by atoms with Crippen LogP contribution < -0.4 is 5.73 Å². The number of phenols is 1. The molecule has 0 aliphatic carbocycles. The van der Waals surface area contributed by atoms with Crippen LogP contribution >= 0.6 is 0 Å². The molecule has 2 aromatic rings. The Balaban J connectivity index is 1.95. The smallest absolute Gasteiger partial charge is 0.214 e. The van der Waals surface area contributed by atoms with E-state index in [1.54, 1.807) is 12.1 Å². The number of benzene rings is 2. The van der Waals surface area contributed by atoms with Crippen molar-refractivity contribution in [1.29, 1.82) is 0 Å². The topological polar surface area (TPSA) is 64.7 Å². The minimum Gasteiger partial charge on any atom is -0.508 e. The molecule has 0 radical (unpaired) electrons. The highest BCUT2D eigenvalue weighted by atomic mass is 16.7. The third-order valence-electron chi connectivity index (χ3n) is 3.55. The second-order valence-electron chi connectivity index (χ2n) is 5.00. The Labute approximate surface area is 117 Å². The maximum Gasteiger partial charge on any atom is 0.214 e. The number of rotatable bonds is 3. The van der Waals surface area contributed by atoms with Crippen LogP contribution in [0.5, 0.6) is 5.75 Å². The van der Waals surface area contributed by atoms with Crippen LogP contribution in [0.3, 0.4) is 0 Å². The Kier molecular flexibility index (Phi) is 3.44. The Morgan fingerprint density at radius 3 is 2.40 bits per heavy atom. The zero-order valence-corrected chi connectivity index (χ0v) is 11.0. The lowest BCUT2D eigenvalue weighted by molar-refractivity contribution is -0.0873. The Hall–Kier alpha value is -1.88. The molecular weight excluding hydrogens is 254 g/mol. The largest absolute Gasteiger partial charge is 0.508 e. The molecule has 1 saturated heterocycles. The molecule has 3 N–H and O–H groups in total. The standard InChI is InChI=1S/C16H17NO3/c17-15-19-11-16(20-15,10-12-4-2-1-3-5-12)13-6-8-14(18)9-7-13/h1-9,15,18H,10-11,17H2. The number of phenolic OH excluding ortho intramolecular Hbond substituents is 1. The van der Waals surface area contributed by atoms with Crippen LogP contribution in [0, 0.1) is 0 Å². The van der Waals surface area contributed by atoms with E-state index in [-0.39, 0.29) is 5.75 Å². The van der Waals surface area contributed by atoms with E-state index in [1.165, 1.54) is 0 Å². The van der Waals surface area contributed by atoms with Crippen LogP contribution in [-0.4, -0.2) is 18.1 Å². The number of nitrogens with two attached hydrogens (primary N) is 1. The lowest BCUT2D eigenvalue weighted by Gasteiger charge is -2.27. The fourth-order valence-electron chi connectivity index (χ4n) is 2.54. The van der Waals surface area contributed by atoms with Gasteiger partial charge in [-0.05, 0) is 23.3 Å². The predicted molar refractivity (Wildman–Crippen MR) is 74.9 cm³/mol. The van der Waals surface area contributed by atoms with E-state index >= 15 is 0 Å². The van der Waals surface area contributed by atoms with Gasteiger partial charge in [0.25, 0.3) is 0 Å². The zero-order chi connectivity index (χ0) is 14.0. The van der Waals surface area contributed by atoms with Crippen molar-refractivity contribution in [2.45, 2.75) is 18.4 Å². The molecule has 2 unspecified atom stereocenters. The Morgan fingerprint density at radius 1 is 1.10 bits per heavy atom. The van der Waals surface area contributed by atoms with Crippen LogP contribution in [0.4, 0.5) is 0 Å². The summed E-state index contributed by atoms with van der Waals surface area (Å²) < 4.78 is 11.3. The molecule has 0 saturated carbocycles. The molecule has 20 heavy (non-hydrogen) atoms. The Morgan fingerprint density at radius 2 is 1.80 bits per heavy atom. The van der Waals surface area contributed by atoms with Crippen molar-refractivity contribution in [3.8, 4) is 5.75 Å². The molecule has 0 amide bonds. The second kappa shape index (κ2) is 5.25. The summed E-state index contributed by atoms with van der Waals surface area (Å²) >= 11 is 0. The van der Waals surface area contributed by atoms with Gasteiger partial charge in [0, 0.05) is 6.42 Å². The van der Waals surface area contributed by atoms with Gasteiger partial charge >= 0.3 is 0 Å². The first-order valence-electron chi connectivity index (χ1n) is 6.56. The van der Waals surface area contributed by atoms with Crippen LogP contribution in [0.25, 0.3) is 0 Å². The van der Waals surface area contributed by atoms with Gasteiger partial charge in [-0.15, -0.1) is 0 Å². The van der Waals surface area contributed by atoms with E-state index in [0.29, 0.717) is 13.0 Å². The summed E-state index contributed by atoms with van der Waals surface area (Å²) in [7, 11) is 0. The molecular formula is C16H17NO3. The fraction of sp³-hybridized carbons (Fsp3) is 0.250. The summed E-state index contributed by atoms with van der Waals surface area (Å²) in [6.07, 6.45) is -0.0423. The molecule has 3 rings (SSSR count). The van der Waals surface area contributed by atoms with Crippen molar-refractivity contribution in [3.63, 3.8) is 0 Å². The van der Waals surface area contributed by atoms with Crippen LogP contribution in [0.2, 0.25) is 0 Å². The van der Waals surface area contributed by atoms with Gasteiger partial charge in [-0.25, -0.2) is 0 Å². The van der Waals surface area contributed by atoms with Gasteiger partial charge in [0.15, 0.2) is 0 Å². The highest BCUT2D eigenvalue weighted by Gasteiger charge is 2.41. The van der Waals surface area contributed by atoms with E-state index in [4.69, 9.17) is 15.2 Å². The zero-order valence-electron chi connectivity index (χ0n) is 11.0. The van der Waals surface area contributed by atoms with Crippen molar-refractivity contribution in [2.24, 2.45) is 5.73 Å². The molecule has 2 atom stereocenters. The number of hydrogen-bond acceptors (Lipinski definition) is 4. The molecule has 1 fully saturated rings. The van der Waals surface area contributed by atoms with Crippen LogP contribution in [0.15, 0.2) is 54.6 Å². The van der Waals surface area contributed by atoms with E-state index in [9.17, 15) is 5.11 Å². The molecule has 1 aliphatic heterocycles. The highest BCUT2D eigenvalue weighted by Crippen LogP contribution is 2.36. The van der Waals surface area contributed by atoms with Crippen molar-refractivity contribution >= 4 is 0 Å². The summed E-state index contributed by atoms with van der Waals surface area (Å²) in [4.78, 5) is 0. The molecule has 2 aromatic carbocycles. The lowest BCUT2D eigenvalue weighted by Crippen LogP contribution is -2.33. The maximum atomic E-state index is 9.43. The molecule has 0 aromatic heterocycles. The molecule has 104 valence electrons. The second-order valence-corrected chi connectivity index (χ2v) is 5.00. The summed E-state index contributed by atoms with van der Waals surface area (Å²) in [6.45, 7) is 0.397. The molecule has 0 spiro atoms. The normalized spacial score (nSPS) is 25.8. The van der Waals surface area contributed by atoms with Crippen molar-refractivity contribution in [1.82, 2.24) is 0 Å². The first-order chi connectivity index (χ1) is 9.68. The van der Waals surface area contributed by atoms with Gasteiger partial charge in [0.2, 0.25) is 6.41 Å². The number of ether oxygens (including phenoxy) is 2. The molecule has 1 aliphatic rings. The van der Waals surface area contributed by atoms with Gasteiger partial charge < -0.3 is 14.6 Å². The van der Waals surface area contributed by atoms with Gasteiger partial charge in [-0.1, -0.05) is 42.5 Å². The van der Waals surface area contributed by atoms with E-state index in [0.717, 1.165) is 11.1 Å². The highest BCUT2D eigenvalue weighted by molar-refractivity contribution is 5.32. The van der Waals surface area contributed by atoms with Crippen molar-refractivity contribution in [2.75, 3.05) is 6.61 Å². The minimum atomic E-state index is -0.715. The van der Waals surface area contributed by atoms with Crippen LogP contribution in [0.1, 0.15) is 11.1 Å². The summed E-state index contributed by atoms with van der Waals surface area (Å²) in [5.41, 5.74) is 7.24. The quantitative estimate of drug-likeness (QED) is 0.897. The average Bonchev–Trinajstić information content (AvgIpc) is 2.83. The lowest BCUT2D eigenvalue weighted by atomic mass is 9.88. The number of aromatic hydroxyl groups is 1. The molecule has 1 heterocycles. The third-order valence-corrected chi connectivity index (χ3v) is 3.55. The van der Waals surface area contributed by atoms with Crippen LogP contribution in [-0.2, 0) is 21.5 Å². The minimum absolute atomic E-state index is 0.229. The molecule has 4 nitrogen and oxygen atoms in total. The van der Waals surface area contributed by atoms with Crippen molar-refractivity contribution < 1.29 is 14.6 Å². The first kappa shape index (κ1) is 13.1. The fourth-order valence-corrected chi connectivity index (χ4v) is 2.54. The summed E-state index contributed by atoms with van der Waals surface area (Å²) in [5, 5.41) is 9.43. The summed E-state index contributed by atoms with van der Waals surface area (Å²) in [5.74, 6) is 0.229. The van der Waals surface area contributed by atoms with Gasteiger partial charge in [-0.2, -0.15) is 0 Å². The predicted octanol–water partition coefficient (Wildman–Crippen LogP) is 2.12. The van der Waals surface area contributed by atoms with Gasteiger partial charge in [-0.3, -0.25) is 5.73 Å². The first-order valence-corrected chi connectivity index (χ1v) is 6.56. The van der Waals surface area contributed by atoms with Gasteiger partial charge in [0.1, 0.15) is 11.4 Å². The molecule has 0 bridgehead atoms. The van der Waals surface area contributed by atoms with E-state index in [1.807, 2.05) is 30.3 Å². The van der Waals surface area contributed by atoms with Gasteiger partial charge in [0.05, 0.1) is 6.61 Å². The van der Waals surface area contributed by atoms with E-state index < -0.39 is 12.0 Å². The summed E-state index contributed by atoms with van der Waals surface area (Å²) in [6, 6.07) is 17.1. The third kappa shape index (κ3) is 2.54. The molecule has 4 heteroatoms. The monoisotopic (exact) mass is 271 g/mol.